The Kier molecular flexibility index (Phi) is 7.03. The lowest BCUT2D eigenvalue weighted by atomic mass is 10.1. The van der Waals surface area contributed by atoms with Crippen LogP contribution in [0.2, 0.25) is 0 Å². The number of hydrogen-bond donors (Lipinski definition) is 1. The number of aryl methyl sites for hydroxylation is 3. The molecule has 4 nitrogen and oxygen atoms in total. The summed E-state index contributed by atoms with van der Waals surface area (Å²) in [5.74, 6) is 1.74. The van der Waals surface area contributed by atoms with Gasteiger partial charge in [0.1, 0.15) is 24.0 Å². The summed E-state index contributed by atoms with van der Waals surface area (Å²) in [5, 5.41) is 3.31. The van der Waals surface area contributed by atoms with E-state index in [2.05, 4.69) is 70.2 Å². The predicted molar refractivity (Wildman–Crippen MR) is 103 cm³/mol. The predicted octanol–water partition coefficient (Wildman–Crippen LogP) is 5.08. The first-order valence-corrected chi connectivity index (χ1v) is 9.27. The summed E-state index contributed by atoms with van der Waals surface area (Å²) in [6.45, 7) is 9.00. The van der Waals surface area contributed by atoms with Crippen LogP contribution in [0.1, 0.15) is 43.5 Å². The van der Waals surface area contributed by atoms with Crippen LogP contribution in [-0.4, -0.2) is 22.6 Å². The molecule has 0 aliphatic rings. The molecule has 0 radical (unpaired) electrons. The van der Waals surface area contributed by atoms with Crippen molar-refractivity contribution in [2.75, 3.05) is 11.9 Å². The molecule has 0 saturated heterocycles. The minimum Gasteiger partial charge on any atom is -0.489 e. The molecule has 0 aliphatic carbocycles. The molecule has 0 amide bonds. The van der Waals surface area contributed by atoms with Gasteiger partial charge in [-0.15, -0.1) is 0 Å². The van der Waals surface area contributed by atoms with E-state index in [1.54, 1.807) is 6.33 Å². The number of nitrogens with zero attached hydrogens (tertiary/aromatic N) is 2. The number of rotatable bonds is 8. The Morgan fingerprint density at radius 1 is 1.25 bits per heavy atom. The average Bonchev–Trinajstić information content (AvgIpc) is 2.56. The maximum atomic E-state index is 6.08. The maximum Gasteiger partial charge on any atom is 0.144 e. The van der Waals surface area contributed by atoms with Gasteiger partial charge in [-0.1, -0.05) is 25.5 Å². The van der Waals surface area contributed by atoms with Crippen molar-refractivity contribution in [3.63, 3.8) is 0 Å². The summed E-state index contributed by atoms with van der Waals surface area (Å²) < 4.78 is 6.97. The largest absolute Gasteiger partial charge is 0.489 e. The molecule has 1 aromatic carbocycles. The van der Waals surface area contributed by atoms with Crippen LogP contribution in [0.25, 0.3) is 0 Å². The molecule has 5 heteroatoms. The van der Waals surface area contributed by atoms with Crippen LogP contribution in [0.5, 0.6) is 5.75 Å². The van der Waals surface area contributed by atoms with E-state index >= 15 is 0 Å². The van der Waals surface area contributed by atoms with Crippen LogP contribution in [0.15, 0.2) is 29.0 Å². The van der Waals surface area contributed by atoms with Crippen LogP contribution in [0.4, 0.5) is 5.82 Å². The van der Waals surface area contributed by atoms with E-state index in [1.165, 1.54) is 24.0 Å². The number of aromatic nitrogens is 2. The van der Waals surface area contributed by atoms with Gasteiger partial charge in [0.25, 0.3) is 0 Å². The molecule has 24 heavy (non-hydrogen) atoms. The molecule has 0 fully saturated rings. The molecule has 1 N–H and O–H groups in total. The van der Waals surface area contributed by atoms with Crippen LogP contribution < -0.4 is 10.1 Å². The first kappa shape index (κ1) is 18.7. The summed E-state index contributed by atoms with van der Waals surface area (Å²) in [4.78, 5) is 8.40. The molecule has 1 atom stereocenters. The molecule has 0 bridgehead atoms. The molecule has 0 aliphatic heterocycles. The number of halogens is 1. The van der Waals surface area contributed by atoms with Crippen molar-refractivity contribution in [1.82, 2.24) is 9.97 Å². The lowest BCUT2D eigenvalue weighted by Gasteiger charge is -2.18. The molecular weight excluding hydrogens is 366 g/mol. The summed E-state index contributed by atoms with van der Waals surface area (Å²) >= 11 is 3.51. The smallest absolute Gasteiger partial charge is 0.144 e. The van der Waals surface area contributed by atoms with Crippen molar-refractivity contribution in [3.8, 4) is 5.75 Å². The van der Waals surface area contributed by atoms with E-state index in [9.17, 15) is 0 Å². The molecule has 0 spiro atoms. The van der Waals surface area contributed by atoms with Crippen LogP contribution >= 0.6 is 15.9 Å². The lowest BCUT2D eigenvalue weighted by molar-refractivity contribution is 0.233. The number of hydrogen-bond acceptors (Lipinski definition) is 4. The summed E-state index contributed by atoms with van der Waals surface area (Å²) in [7, 11) is 0. The SMILES string of the molecule is CCCCc1ccc(OC(C)CNc2ncnc(C)c2Br)c(C)c1. The Morgan fingerprint density at radius 3 is 2.75 bits per heavy atom. The molecule has 1 aromatic heterocycles. The van der Waals surface area contributed by atoms with Gasteiger partial charge in [-0.2, -0.15) is 0 Å². The van der Waals surface area contributed by atoms with Crippen molar-refractivity contribution in [2.24, 2.45) is 0 Å². The van der Waals surface area contributed by atoms with Crippen molar-refractivity contribution >= 4 is 21.7 Å². The van der Waals surface area contributed by atoms with Crippen LogP contribution in [0, 0.1) is 13.8 Å². The quantitative estimate of drug-likeness (QED) is 0.681. The molecule has 1 heterocycles. The van der Waals surface area contributed by atoms with Gasteiger partial charge in [-0.05, 0) is 66.7 Å². The van der Waals surface area contributed by atoms with Crippen molar-refractivity contribution < 1.29 is 4.74 Å². The Bertz CT molecular complexity index is 676. The van der Waals surface area contributed by atoms with Gasteiger partial charge in [0, 0.05) is 0 Å². The van der Waals surface area contributed by atoms with Crippen molar-refractivity contribution in [3.05, 3.63) is 45.8 Å². The average molecular weight is 392 g/mol. The highest BCUT2D eigenvalue weighted by molar-refractivity contribution is 9.10. The molecular formula is C19H26BrN3O. The highest BCUT2D eigenvalue weighted by atomic mass is 79.9. The number of unbranched alkanes of at least 4 members (excludes halogenated alkanes) is 1. The Labute approximate surface area is 153 Å². The number of anilines is 1. The second-order valence-corrected chi connectivity index (χ2v) is 6.93. The highest BCUT2D eigenvalue weighted by Gasteiger charge is 2.10. The van der Waals surface area contributed by atoms with Gasteiger partial charge in [-0.25, -0.2) is 9.97 Å². The van der Waals surface area contributed by atoms with Gasteiger partial charge in [0.15, 0.2) is 0 Å². The number of nitrogens with one attached hydrogen (secondary N) is 1. The summed E-state index contributed by atoms with van der Waals surface area (Å²) in [6.07, 6.45) is 5.18. The molecule has 130 valence electrons. The Morgan fingerprint density at radius 2 is 2.04 bits per heavy atom. The van der Waals surface area contributed by atoms with E-state index in [0.717, 1.165) is 28.2 Å². The van der Waals surface area contributed by atoms with Gasteiger partial charge < -0.3 is 10.1 Å². The fraction of sp³-hybridized carbons (Fsp3) is 0.474. The van der Waals surface area contributed by atoms with Gasteiger partial charge in [0.2, 0.25) is 0 Å². The summed E-state index contributed by atoms with van der Waals surface area (Å²) in [6, 6.07) is 6.49. The molecule has 1 unspecified atom stereocenters. The maximum absolute atomic E-state index is 6.08. The van der Waals surface area contributed by atoms with E-state index in [4.69, 9.17) is 4.74 Å². The minimum absolute atomic E-state index is 0.0346. The first-order chi connectivity index (χ1) is 11.5. The number of benzene rings is 1. The highest BCUT2D eigenvalue weighted by Crippen LogP contribution is 2.23. The third-order valence-corrected chi connectivity index (χ3v) is 4.86. The molecule has 2 aromatic rings. The van der Waals surface area contributed by atoms with Gasteiger partial charge >= 0.3 is 0 Å². The van der Waals surface area contributed by atoms with Crippen molar-refractivity contribution in [1.29, 1.82) is 0 Å². The lowest BCUT2D eigenvalue weighted by Crippen LogP contribution is -2.23. The Hall–Kier alpha value is -1.62. The minimum atomic E-state index is 0.0346. The fourth-order valence-corrected chi connectivity index (χ4v) is 2.81. The van der Waals surface area contributed by atoms with Gasteiger partial charge in [-0.3, -0.25) is 0 Å². The van der Waals surface area contributed by atoms with E-state index < -0.39 is 0 Å². The topological polar surface area (TPSA) is 47.0 Å². The molecule has 2 rings (SSSR count). The first-order valence-electron chi connectivity index (χ1n) is 8.48. The zero-order valence-electron chi connectivity index (χ0n) is 14.9. The monoisotopic (exact) mass is 391 g/mol. The van der Waals surface area contributed by atoms with Gasteiger partial charge in [0.05, 0.1) is 16.7 Å². The third kappa shape index (κ3) is 5.20. The van der Waals surface area contributed by atoms with Crippen LogP contribution in [-0.2, 0) is 6.42 Å². The van der Waals surface area contributed by atoms with E-state index in [-0.39, 0.29) is 6.10 Å². The number of ether oxygens (including phenoxy) is 1. The molecule has 0 saturated carbocycles. The van der Waals surface area contributed by atoms with E-state index in [0.29, 0.717) is 6.54 Å². The summed E-state index contributed by atoms with van der Waals surface area (Å²) in [5.41, 5.74) is 3.49. The zero-order valence-corrected chi connectivity index (χ0v) is 16.5. The van der Waals surface area contributed by atoms with E-state index in [1.807, 2.05) is 6.92 Å². The standard InChI is InChI=1S/C19H26BrN3O/c1-5-6-7-16-8-9-17(13(2)10-16)24-14(3)11-21-19-18(20)15(4)22-12-23-19/h8-10,12,14H,5-7,11H2,1-4H3,(H,21,22,23). The van der Waals surface area contributed by atoms with Crippen molar-refractivity contribution in [2.45, 2.75) is 53.1 Å². The second-order valence-electron chi connectivity index (χ2n) is 6.13. The Balaban J connectivity index is 1.92. The zero-order chi connectivity index (χ0) is 17.5. The normalized spacial score (nSPS) is 12.0. The fourth-order valence-electron chi connectivity index (χ4n) is 2.46. The third-order valence-electron chi connectivity index (χ3n) is 3.91. The van der Waals surface area contributed by atoms with Crippen LogP contribution in [0.3, 0.4) is 0 Å². The second kappa shape index (κ2) is 9.02.